The zero-order chi connectivity index (χ0) is 13.5. The predicted octanol–water partition coefficient (Wildman–Crippen LogP) is 2.30. The average molecular weight is 261 g/mol. The number of ether oxygens (including phenoxy) is 1. The minimum absolute atomic E-state index is 0.147. The van der Waals surface area contributed by atoms with Gasteiger partial charge >= 0.3 is 0 Å². The summed E-state index contributed by atoms with van der Waals surface area (Å²) in [7, 11) is 0. The number of hydrogen-bond donors (Lipinski definition) is 1. The second kappa shape index (κ2) is 6.80. The number of nitrogens with zero attached hydrogens (tertiary/aromatic N) is 2. The molecule has 4 nitrogen and oxygen atoms in total. The molecule has 0 aliphatic carbocycles. The fourth-order valence-electron chi connectivity index (χ4n) is 1.53. The fraction of sp³-hybridized carbons (Fsp3) is 0.286. The highest BCUT2D eigenvalue weighted by Gasteiger charge is 2.03. The quantitative estimate of drug-likeness (QED) is 0.866. The molecule has 0 aliphatic heterocycles. The van der Waals surface area contributed by atoms with Gasteiger partial charge in [0.2, 0.25) is 5.88 Å². The van der Waals surface area contributed by atoms with Crippen molar-refractivity contribution < 1.29 is 9.13 Å². The van der Waals surface area contributed by atoms with Crippen LogP contribution in [0.4, 0.5) is 4.39 Å². The van der Waals surface area contributed by atoms with E-state index < -0.39 is 0 Å². The van der Waals surface area contributed by atoms with Crippen molar-refractivity contribution in [3.8, 4) is 5.88 Å². The molecule has 0 saturated carbocycles. The minimum atomic E-state index is -0.278. The lowest BCUT2D eigenvalue weighted by atomic mass is 10.2. The molecule has 0 atom stereocenters. The van der Waals surface area contributed by atoms with Crippen LogP contribution < -0.4 is 10.1 Å². The van der Waals surface area contributed by atoms with Crippen LogP contribution in [0.5, 0.6) is 5.88 Å². The third-order valence-corrected chi connectivity index (χ3v) is 2.57. The van der Waals surface area contributed by atoms with E-state index in [1.807, 2.05) is 6.92 Å². The van der Waals surface area contributed by atoms with Gasteiger partial charge < -0.3 is 10.1 Å². The molecule has 19 heavy (non-hydrogen) atoms. The van der Waals surface area contributed by atoms with Gasteiger partial charge in [-0.3, -0.25) is 4.98 Å². The zero-order valence-corrected chi connectivity index (χ0v) is 10.8. The molecule has 0 spiro atoms. The van der Waals surface area contributed by atoms with E-state index in [1.54, 1.807) is 30.6 Å². The van der Waals surface area contributed by atoms with Gasteiger partial charge in [-0.2, -0.15) is 0 Å². The Morgan fingerprint density at radius 3 is 2.74 bits per heavy atom. The van der Waals surface area contributed by atoms with Crippen molar-refractivity contribution in [2.45, 2.75) is 20.1 Å². The van der Waals surface area contributed by atoms with Crippen molar-refractivity contribution >= 4 is 0 Å². The molecule has 0 radical (unpaired) electrons. The third kappa shape index (κ3) is 3.99. The van der Waals surface area contributed by atoms with Crippen LogP contribution in [0, 0.1) is 5.82 Å². The highest BCUT2D eigenvalue weighted by Crippen LogP contribution is 2.11. The Morgan fingerprint density at radius 1 is 1.21 bits per heavy atom. The third-order valence-electron chi connectivity index (χ3n) is 2.57. The lowest BCUT2D eigenvalue weighted by Crippen LogP contribution is -2.13. The molecule has 100 valence electrons. The Balaban J connectivity index is 1.91. The number of nitrogens with one attached hydrogen (secondary N) is 1. The van der Waals surface area contributed by atoms with Crippen molar-refractivity contribution in [3.63, 3.8) is 0 Å². The van der Waals surface area contributed by atoms with Gasteiger partial charge in [0, 0.05) is 12.1 Å². The Labute approximate surface area is 111 Å². The van der Waals surface area contributed by atoms with Gasteiger partial charge in [0.15, 0.2) is 0 Å². The maximum Gasteiger partial charge on any atom is 0.232 e. The highest BCUT2D eigenvalue weighted by molar-refractivity contribution is 5.17. The number of halogens is 1. The summed E-state index contributed by atoms with van der Waals surface area (Å²) in [6, 6.07) is 6.51. The molecular formula is C14H16FN3O. The SMILES string of the molecule is CCNCc1cnc(OCc2ccccc2F)cn1. The van der Waals surface area contributed by atoms with Gasteiger partial charge in [-0.1, -0.05) is 25.1 Å². The summed E-state index contributed by atoms with van der Waals surface area (Å²) in [6.07, 6.45) is 3.20. The lowest BCUT2D eigenvalue weighted by Gasteiger charge is -2.06. The Bertz CT molecular complexity index is 516. The molecule has 1 heterocycles. The molecule has 0 fully saturated rings. The maximum absolute atomic E-state index is 13.4. The minimum Gasteiger partial charge on any atom is -0.472 e. The number of aromatic nitrogens is 2. The van der Waals surface area contributed by atoms with E-state index in [4.69, 9.17) is 4.74 Å². The first-order valence-corrected chi connectivity index (χ1v) is 6.17. The summed E-state index contributed by atoms with van der Waals surface area (Å²) in [4.78, 5) is 8.34. The van der Waals surface area contributed by atoms with Crippen LogP contribution in [0.15, 0.2) is 36.7 Å². The Kier molecular flexibility index (Phi) is 4.80. The van der Waals surface area contributed by atoms with Crippen molar-refractivity contribution in [1.29, 1.82) is 0 Å². The summed E-state index contributed by atoms with van der Waals surface area (Å²) in [6.45, 7) is 3.73. The highest BCUT2D eigenvalue weighted by atomic mass is 19.1. The van der Waals surface area contributed by atoms with E-state index in [0.29, 0.717) is 18.0 Å². The first kappa shape index (κ1) is 13.4. The van der Waals surface area contributed by atoms with Crippen LogP contribution in [0.25, 0.3) is 0 Å². The van der Waals surface area contributed by atoms with E-state index in [-0.39, 0.29) is 12.4 Å². The fourth-order valence-corrected chi connectivity index (χ4v) is 1.53. The van der Waals surface area contributed by atoms with Gasteiger partial charge in [-0.25, -0.2) is 9.37 Å². The van der Waals surface area contributed by atoms with Gasteiger partial charge in [0.05, 0.1) is 18.1 Å². The van der Waals surface area contributed by atoms with Gasteiger partial charge in [-0.15, -0.1) is 0 Å². The molecule has 0 aliphatic rings. The summed E-state index contributed by atoms with van der Waals surface area (Å²) in [5.74, 6) is 0.114. The van der Waals surface area contributed by atoms with E-state index in [9.17, 15) is 4.39 Å². The molecule has 0 saturated heterocycles. The number of hydrogen-bond acceptors (Lipinski definition) is 4. The molecule has 1 N–H and O–H groups in total. The zero-order valence-electron chi connectivity index (χ0n) is 10.8. The normalized spacial score (nSPS) is 10.4. The number of rotatable bonds is 6. The molecule has 0 unspecified atom stereocenters. The lowest BCUT2D eigenvalue weighted by molar-refractivity contribution is 0.286. The van der Waals surface area contributed by atoms with Gasteiger partial charge in [0.25, 0.3) is 0 Å². The van der Waals surface area contributed by atoms with E-state index in [1.165, 1.54) is 6.07 Å². The maximum atomic E-state index is 13.4. The molecule has 2 rings (SSSR count). The topological polar surface area (TPSA) is 47.0 Å². The standard InChI is InChI=1S/C14H16FN3O/c1-2-16-7-12-8-18-14(9-17-12)19-10-11-5-3-4-6-13(11)15/h3-6,8-9,16H,2,7,10H2,1H3. The van der Waals surface area contributed by atoms with E-state index in [2.05, 4.69) is 15.3 Å². The van der Waals surface area contributed by atoms with Crippen LogP contribution in [-0.2, 0) is 13.2 Å². The largest absolute Gasteiger partial charge is 0.472 e. The second-order valence-electron chi connectivity index (χ2n) is 4.01. The average Bonchev–Trinajstić information content (AvgIpc) is 2.45. The first-order chi connectivity index (χ1) is 9.29. The van der Waals surface area contributed by atoms with Crippen LogP contribution >= 0.6 is 0 Å². The van der Waals surface area contributed by atoms with Crippen molar-refractivity contribution in [2.75, 3.05) is 6.54 Å². The summed E-state index contributed by atoms with van der Waals surface area (Å²) >= 11 is 0. The molecule has 0 amide bonds. The monoisotopic (exact) mass is 261 g/mol. The van der Waals surface area contributed by atoms with Crippen molar-refractivity contribution in [3.05, 3.63) is 53.7 Å². The van der Waals surface area contributed by atoms with Crippen molar-refractivity contribution in [1.82, 2.24) is 15.3 Å². The first-order valence-electron chi connectivity index (χ1n) is 6.17. The Morgan fingerprint density at radius 2 is 2.05 bits per heavy atom. The summed E-state index contributed by atoms with van der Waals surface area (Å²) in [5.41, 5.74) is 1.35. The van der Waals surface area contributed by atoms with Crippen LogP contribution in [0.3, 0.4) is 0 Å². The smallest absolute Gasteiger partial charge is 0.232 e. The molecule has 0 bridgehead atoms. The number of benzene rings is 1. The van der Waals surface area contributed by atoms with E-state index >= 15 is 0 Å². The predicted molar refractivity (Wildman–Crippen MR) is 70.1 cm³/mol. The molecule has 1 aromatic carbocycles. The second-order valence-corrected chi connectivity index (χ2v) is 4.01. The van der Waals surface area contributed by atoms with Gasteiger partial charge in [0.1, 0.15) is 12.4 Å². The Hall–Kier alpha value is -2.01. The van der Waals surface area contributed by atoms with Crippen LogP contribution in [0.2, 0.25) is 0 Å². The molecule has 5 heteroatoms. The van der Waals surface area contributed by atoms with Crippen LogP contribution in [0.1, 0.15) is 18.2 Å². The molecular weight excluding hydrogens is 245 g/mol. The molecule has 1 aromatic heterocycles. The molecule has 2 aromatic rings. The summed E-state index contributed by atoms with van der Waals surface area (Å²) < 4.78 is 18.8. The van der Waals surface area contributed by atoms with E-state index in [0.717, 1.165) is 12.2 Å². The van der Waals surface area contributed by atoms with Crippen molar-refractivity contribution in [2.24, 2.45) is 0 Å². The van der Waals surface area contributed by atoms with Crippen LogP contribution in [-0.4, -0.2) is 16.5 Å². The summed E-state index contributed by atoms with van der Waals surface area (Å²) in [5, 5.41) is 3.16. The van der Waals surface area contributed by atoms with Gasteiger partial charge in [-0.05, 0) is 12.6 Å².